The van der Waals surface area contributed by atoms with Gasteiger partial charge in [-0.3, -0.25) is 19.7 Å². The fourth-order valence-corrected chi connectivity index (χ4v) is 3.23. The van der Waals surface area contributed by atoms with Crippen LogP contribution in [0.15, 0.2) is 56.7 Å². The Kier molecular flexibility index (Phi) is 7.32. The molecule has 0 saturated carbocycles. The first-order valence-corrected chi connectivity index (χ1v) is 11.2. The van der Waals surface area contributed by atoms with Crippen molar-refractivity contribution in [2.75, 3.05) is 6.26 Å². The number of piperazine rings is 1. The van der Waals surface area contributed by atoms with E-state index >= 15 is 0 Å². The lowest BCUT2D eigenvalue weighted by Crippen LogP contribution is -2.57. The number of carbonyl (C=O) groups is 1. The van der Waals surface area contributed by atoms with Gasteiger partial charge in [0.1, 0.15) is 5.16 Å². The minimum Gasteiger partial charge on any atom is -0.333 e. The van der Waals surface area contributed by atoms with Gasteiger partial charge < -0.3 is 5.32 Å². The molecule has 0 radical (unpaired) electrons. The lowest BCUT2D eigenvalue weighted by atomic mass is 10.1. The van der Waals surface area contributed by atoms with E-state index in [2.05, 4.69) is 26.9 Å². The summed E-state index contributed by atoms with van der Waals surface area (Å²) in [5, 5.41) is 3.06. The van der Waals surface area contributed by atoms with Gasteiger partial charge in [0.05, 0.1) is 22.8 Å². The van der Waals surface area contributed by atoms with Crippen molar-refractivity contribution in [3.63, 3.8) is 0 Å². The maximum atomic E-state index is 13.0. The average molecular weight is 438 g/mol. The third kappa shape index (κ3) is 5.51. The molecule has 1 N–H and O–H groups in total. The van der Waals surface area contributed by atoms with Crippen molar-refractivity contribution in [2.45, 2.75) is 44.7 Å². The first-order valence-electron chi connectivity index (χ1n) is 8.98. The summed E-state index contributed by atoms with van der Waals surface area (Å²) in [6.45, 7) is 9.38. The molecule has 1 aromatic rings. The lowest BCUT2D eigenvalue weighted by Gasteiger charge is -2.35. The Morgan fingerprint density at radius 2 is 2.14 bits per heavy atom. The number of hydrogen-bond donors (Lipinski definition) is 1. The number of sulfone groups is 1. The van der Waals surface area contributed by atoms with Crippen LogP contribution < -0.4 is 5.32 Å². The van der Waals surface area contributed by atoms with Crippen molar-refractivity contribution >= 4 is 39.0 Å². The molecule has 0 aliphatic carbocycles. The molecule has 2 rings (SSSR count). The van der Waals surface area contributed by atoms with Crippen LogP contribution in [0.5, 0.6) is 0 Å². The van der Waals surface area contributed by atoms with Gasteiger partial charge in [-0.05, 0) is 32.4 Å². The Bertz CT molecular complexity index is 997. The summed E-state index contributed by atoms with van der Waals surface area (Å²) in [7, 11) is -3.32. The molecule has 1 aliphatic rings. The van der Waals surface area contributed by atoms with Crippen LogP contribution >= 0.6 is 11.6 Å². The van der Waals surface area contributed by atoms with E-state index in [9.17, 15) is 13.2 Å². The van der Waals surface area contributed by atoms with Crippen LogP contribution in [0.3, 0.4) is 0 Å². The number of rotatable bonds is 6. The highest BCUT2D eigenvalue weighted by molar-refractivity contribution is 7.90. The first-order chi connectivity index (χ1) is 13.6. The Labute approximate surface area is 176 Å². The molecule has 8 nitrogen and oxygen atoms in total. The zero-order chi connectivity index (χ0) is 21.8. The monoisotopic (exact) mass is 437 g/mol. The van der Waals surface area contributed by atoms with Gasteiger partial charge in [-0.1, -0.05) is 31.2 Å². The van der Waals surface area contributed by atoms with Gasteiger partial charge in [0.25, 0.3) is 5.91 Å². The number of hydrogen-bond acceptors (Lipinski definition) is 6. The van der Waals surface area contributed by atoms with Crippen LogP contribution in [0.25, 0.3) is 0 Å². The molecule has 1 atom stereocenters. The van der Waals surface area contributed by atoms with Crippen LogP contribution in [0, 0.1) is 0 Å². The van der Waals surface area contributed by atoms with Gasteiger partial charge >= 0.3 is 0 Å². The Hall–Kier alpha value is -2.52. The summed E-state index contributed by atoms with van der Waals surface area (Å²) in [6.07, 6.45) is 4.87. The van der Waals surface area contributed by atoms with E-state index in [0.29, 0.717) is 23.6 Å². The summed E-state index contributed by atoms with van der Waals surface area (Å²) >= 11 is 5.86. The molecule has 0 aromatic carbocycles. The summed E-state index contributed by atoms with van der Waals surface area (Å²) in [4.78, 5) is 27.4. The van der Waals surface area contributed by atoms with Gasteiger partial charge in [0, 0.05) is 18.5 Å². The van der Waals surface area contributed by atoms with Gasteiger partial charge in [-0.25, -0.2) is 13.4 Å². The van der Waals surface area contributed by atoms with Crippen LogP contribution in [-0.4, -0.2) is 48.2 Å². The standard InChI is InChI=1S/C19H24ClN5O3S/c1-6-12(3)25-18(23-13(4)20)16(7-2)24-17(19(25)26)22-10-14-8-9-15(11-21-14)29(5,27)28/h7-9,11-12H,4,6,10H2,1-3,5H3,(H,22,24)/b16-7+,23-18+. The molecule has 1 amide bonds. The lowest BCUT2D eigenvalue weighted by molar-refractivity contribution is -0.122. The molecule has 1 unspecified atom stereocenters. The number of carbonyl (C=O) groups excluding carboxylic acids is 1. The normalized spacial score (nSPS) is 20.2. The van der Waals surface area contributed by atoms with Crippen molar-refractivity contribution in [3.05, 3.63) is 47.5 Å². The SMILES string of the molecule is C=C(Cl)/N=C1\C(=C/C)NC(=NCc2ccc(S(C)(=O)=O)cn2)C(=O)N1C(C)CC. The fourth-order valence-electron chi connectivity index (χ4n) is 2.59. The minimum atomic E-state index is -3.32. The van der Waals surface area contributed by atoms with Gasteiger partial charge in [-0.15, -0.1) is 0 Å². The molecular weight excluding hydrogens is 414 g/mol. The second-order valence-electron chi connectivity index (χ2n) is 6.49. The van der Waals surface area contributed by atoms with Crippen molar-refractivity contribution in [2.24, 2.45) is 9.98 Å². The first kappa shape index (κ1) is 22.8. The molecule has 10 heteroatoms. The predicted octanol–water partition coefficient (Wildman–Crippen LogP) is 2.63. The van der Waals surface area contributed by atoms with Crippen LogP contribution in [0.1, 0.15) is 32.9 Å². The highest BCUT2D eigenvalue weighted by Crippen LogP contribution is 2.18. The molecule has 1 aliphatic heterocycles. The van der Waals surface area contributed by atoms with Crippen molar-refractivity contribution in [3.8, 4) is 0 Å². The molecule has 1 fully saturated rings. The Morgan fingerprint density at radius 1 is 1.45 bits per heavy atom. The second-order valence-corrected chi connectivity index (χ2v) is 8.95. The summed E-state index contributed by atoms with van der Waals surface area (Å²) in [5.74, 6) is 0.197. The number of amides is 1. The van der Waals surface area contributed by atoms with E-state index in [-0.39, 0.29) is 34.4 Å². The molecule has 1 aromatic heterocycles. The zero-order valence-corrected chi connectivity index (χ0v) is 18.4. The average Bonchev–Trinajstić information content (AvgIpc) is 2.66. The number of aromatic nitrogens is 1. The maximum Gasteiger partial charge on any atom is 0.295 e. The molecule has 156 valence electrons. The van der Waals surface area contributed by atoms with Crippen LogP contribution in [0.2, 0.25) is 0 Å². The van der Waals surface area contributed by atoms with Crippen LogP contribution in [-0.2, 0) is 21.2 Å². The third-order valence-corrected chi connectivity index (χ3v) is 5.50. The fraction of sp³-hybridized carbons (Fsp3) is 0.368. The molecular formula is C19H24ClN5O3S. The molecule has 1 saturated heterocycles. The quantitative estimate of drug-likeness (QED) is 0.689. The van der Waals surface area contributed by atoms with E-state index in [0.717, 1.165) is 6.26 Å². The highest BCUT2D eigenvalue weighted by atomic mass is 35.5. The summed E-state index contributed by atoms with van der Waals surface area (Å²) < 4.78 is 23.1. The molecule has 2 heterocycles. The van der Waals surface area contributed by atoms with Gasteiger partial charge in [-0.2, -0.15) is 0 Å². The topological polar surface area (TPSA) is 104 Å². The van der Waals surface area contributed by atoms with E-state index in [1.807, 2.05) is 20.8 Å². The molecule has 0 bridgehead atoms. The molecule has 0 spiro atoms. The smallest absolute Gasteiger partial charge is 0.295 e. The van der Waals surface area contributed by atoms with E-state index in [1.165, 1.54) is 12.3 Å². The largest absolute Gasteiger partial charge is 0.333 e. The number of nitrogens with one attached hydrogen (secondary N) is 1. The Morgan fingerprint density at radius 3 is 2.62 bits per heavy atom. The van der Waals surface area contributed by atoms with Gasteiger partial charge in [0.15, 0.2) is 21.5 Å². The predicted molar refractivity (Wildman–Crippen MR) is 114 cm³/mol. The number of aliphatic imine (C=N–C) groups is 2. The van der Waals surface area contributed by atoms with Gasteiger partial charge in [0.2, 0.25) is 0 Å². The summed E-state index contributed by atoms with van der Waals surface area (Å²) in [6, 6.07) is 2.90. The number of nitrogens with zero attached hydrogens (tertiary/aromatic N) is 4. The number of pyridine rings is 1. The number of allylic oxidation sites excluding steroid dienone is 1. The van der Waals surface area contributed by atoms with E-state index < -0.39 is 9.84 Å². The zero-order valence-electron chi connectivity index (χ0n) is 16.8. The van der Waals surface area contributed by atoms with Crippen LogP contribution in [0.4, 0.5) is 0 Å². The van der Waals surface area contributed by atoms with E-state index in [1.54, 1.807) is 17.0 Å². The number of amidine groups is 2. The minimum absolute atomic E-state index is 0.0674. The third-order valence-electron chi connectivity index (χ3n) is 4.32. The van der Waals surface area contributed by atoms with Crippen molar-refractivity contribution < 1.29 is 13.2 Å². The number of halogens is 1. The summed E-state index contributed by atoms with van der Waals surface area (Å²) in [5.41, 5.74) is 1.12. The molecule has 29 heavy (non-hydrogen) atoms. The van der Waals surface area contributed by atoms with Crippen molar-refractivity contribution in [1.82, 2.24) is 15.2 Å². The second kappa shape index (κ2) is 9.32. The Balaban J connectivity index is 2.36. The maximum absolute atomic E-state index is 13.0. The van der Waals surface area contributed by atoms with E-state index in [4.69, 9.17) is 11.6 Å². The highest BCUT2D eigenvalue weighted by Gasteiger charge is 2.35. The van der Waals surface area contributed by atoms with Crippen molar-refractivity contribution in [1.29, 1.82) is 0 Å².